The molecule has 2 aromatic carbocycles. The van der Waals surface area contributed by atoms with Crippen molar-refractivity contribution in [3.63, 3.8) is 0 Å². The highest BCUT2D eigenvalue weighted by molar-refractivity contribution is 6.31. The van der Waals surface area contributed by atoms with Crippen molar-refractivity contribution in [2.24, 2.45) is 0 Å². The Kier molecular flexibility index (Phi) is 9.69. The number of amides is 2. The highest BCUT2D eigenvalue weighted by atomic mass is 35.5. The van der Waals surface area contributed by atoms with Gasteiger partial charge < -0.3 is 10.6 Å². The molecule has 9 nitrogen and oxygen atoms in total. The van der Waals surface area contributed by atoms with Crippen LogP contribution in [0.15, 0.2) is 48.5 Å². The number of carbonyl (C=O) groups is 4. The second-order valence-corrected chi connectivity index (χ2v) is 9.21. The molecule has 0 aliphatic carbocycles. The minimum absolute atomic E-state index is 0.0390. The molecule has 0 saturated carbocycles. The molecule has 2 heterocycles. The summed E-state index contributed by atoms with van der Waals surface area (Å²) in [4.78, 5) is 57.2. The smallest absolute Gasteiger partial charge is 0.269 e. The Labute approximate surface area is 213 Å². The first-order valence-electron chi connectivity index (χ1n) is 11.9. The fourth-order valence-electron chi connectivity index (χ4n) is 4.13. The molecule has 10 heteroatoms. The summed E-state index contributed by atoms with van der Waals surface area (Å²) < 4.78 is 0. The Balaban J connectivity index is 0.000000202. The maximum atomic E-state index is 12.2. The van der Waals surface area contributed by atoms with Gasteiger partial charge in [0.2, 0.25) is 11.8 Å². The minimum Gasteiger partial charge on any atom is -0.346 e. The van der Waals surface area contributed by atoms with Crippen molar-refractivity contribution in [1.82, 2.24) is 10.6 Å². The van der Waals surface area contributed by atoms with E-state index in [0.717, 1.165) is 25.7 Å². The molecule has 2 aliphatic rings. The largest absolute Gasteiger partial charge is 0.346 e. The number of carbonyl (C=O) groups excluding carboxylic acids is 4. The third kappa shape index (κ3) is 7.71. The molecule has 2 unspecified atom stereocenters. The Morgan fingerprint density at radius 2 is 1.33 bits per heavy atom. The summed E-state index contributed by atoms with van der Waals surface area (Å²) in [7, 11) is 0. The highest BCUT2D eigenvalue weighted by Crippen LogP contribution is 2.18. The van der Waals surface area contributed by atoms with E-state index in [4.69, 9.17) is 11.6 Å². The van der Waals surface area contributed by atoms with Crippen molar-refractivity contribution in [2.45, 2.75) is 63.5 Å². The zero-order chi connectivity index (χ0) is 26.1. The average Bonchev–Trinajstić information content (AvgIpc) is 3.23. The predicted octanol–water partition coefficient (Wildman–Crippen LogP) is 4.42. The van der Waals surface area contributed by atoms with Crippen LogP contribution < -0.4 is 10.6 Å². The third-order valence-corrected chi connectivity index (χ3v) is 6.30. The van der Waals surface area contributed by atoms with Crippen LogP contribution in [0.4, 0.5) is 5.69 Å². The van der Waals surface area contributed by atoms with Gasteiger partial charge in [-0.25, -0.2) is 0 Å². The van der Waals surface area contributed by atoms with Crippen LogP contribution in [0.2, 0.25) is 5.02 Å². The van der Waals surface area contributed by atoms with Gasteiger partial charge in [0, 0.05) is 41.1 Å². The van der Waals surface area contributed by atoms with E-state index in [1.807, 2.05) is 0 Å². The molecule has 2 atom stereocenters. The number of halogens is 1. The van der Waals surface area contributed by atoms with Crippen LogP contribution in [0.5, 0.6) is 0 Å². The molecular formula is C26H28ClN3O6. The van der Waals surface area contributed by atoms with Crippen molar-refractivity contribution in [2.75, 3.05) is 0 Å². The Morgan fingerprint density at radius 1 is 0.806 bits per heavy atom. The lowest BCUT2D eigenvalue weighted by atomic mass is 10.0. The van der Waals surface area contributed by atoms with Crippen LogP contribution in [0.1, 0.15) is 72.1 Å². The van der Waals surface area contributed by atoms with Gasteiger partial charge in [0.25, 0.3) is 5.69 Å². The van der Waals surface area contributed by atoms with E-state index in [1.54, 1.807) is 24.3 Å². The summed E-state index contributed by atoms with van der Waals surface area (Å²) in [6.07, 6.45) is 5.64. The van der Waals surface area contributed by atoms with Crippen molar-refractivity contribution >= 4 is 40.7 Å². The number of benzene rings is 2. The predicted molar refractivity (Wildman–Crippen MR) is 134 cm³/mol. The van der Waals surface area contributed by atoms with Crippen LogP contribution in [-0.4, -0.2) is 40.4 Å². The molecule has 4 rings (SSSR count). The molecule has 0 spiro atoms. The van der Waals surface area contributed by atoms with Gasteiger partial charge in [0.05, 0.1) is 17.0 Å². The molecule has 2 saturated heterocycles. The first kappa shape index (κ1) is 27.0. The average molecular weight is 514 g/mol. The molecule has 0 aromatic heterocycles. The van der Waals surface area contributed by atoms with E-state index in [-0.39, 0.29) is 29.1 Å². The van der Waals surface area contributed by atoms with E-state index in [9.17, 15) is 29.3 Å². The summed E-state index contributed by atoms with van der Waals surface area (Å²) in [6, 6.07) is 11.4. The molecule has 36 heavy (non-hydrogen) atoms. The lowest BCUT2D eigenvalue weighted by Crippen LogP contribution is -2.39. The van der Waals surface area contributed by atoms with Gasteiger partial charge in [-0.3, -0.25) is 29.3 Å². The molecule has 2 amide bonds. The number of hydrogen-bond acceptors (Lipinski definition) is 6. The zero-order valence-electron chi connectivity index (χ0n) is 19.7. The molecule has 0 bridgehead atoms. The third-order valence-electron chi connectivity index (χ3n) is 6.07. The lowest BCUT2D eigenvalue weighted by Gasteiger charge is -2.14. The molecular weight excluding hydrogens is 486 g/mol. The fraction of sp³-hybridized carbons (Fsp3) is 0.385. The van der Waals surface area contributed by atoms with Gasteiger partial charge in [-0.2, -0.15) is 0 Å². The first-order chi connectivity index (χ1) is 17.2. The number of nitro groups is 1. The molecule has 2 fully saturated rings. The quantitative estimate of drug-likeness (QED) is 0.345. The first-order valence-corrected chi connectivity index (χ1v) is 12.3. The van der Waals surface area contributed by atoms with Crippen molar-refractivity contribution < 1.29 is 24.1 Å². The van der Waals surface area contributed by atoms with Crippen LogP contribution in [-0.2, 0) is 9.59 Å². The van der Waals surface area contributed by atoms with E-state index >= 15 is 0 Å². The van der Waals surface area contributed by atoms with Gasteiger partial charge in [-0.15, -0.1) is 0 Å². The van der Waals surface area contributed by atoms with Gasteiger partial charge in [0.15, 0.2) is 11.6 Å². The summed E-state index contributed by atoms with van der Waals surface area (Å²) in [6.45, 7) is 0. The second kappa shape index (κ2) is 12.9. The number of hydrogen-bond donors (Lipinski definition) is 2. The van der Waals surface area contributed by atoms with E-state index < -0.39 is 17.0 Å². The normalized spacial score (nSPS) is 19.9. The summed E-state index contributed by atoms with van der Waals surface area (Å²) in [5.74, 6) is -0.395. The summed E-state index contributed by atoms with van der Waals surface area (Å²) >= 11 is 5.85. The highest BCUT2D eigenvalue weighted by Gasteiger charge is 2.25. The van der Waals surface area contributed by atoms with Gasteiger partial charge >= 0.3 is 0 Å². The topological polar surface area (TPSA) is 135 Å². The molecule has 2 N–H and O–H groups in total. The van der Waals surface area contributed by atoms with Crippen LogP contribution in [0, 0.1) is 10.1 Å². The number of non-ortho nitro benzene ring substituents is 1. The number of nitrogens with zero attached hydrogens (tertiary/aromatic N) is 1. The number of rotatable bonds is 5. The molecule has 2 aliphatic heterocycles. The summed E-state index contributed by atoms with van der Waals surface area (Å²) in [5, 5.41) is 16.5. The monoisotopic (exact) mass is 513 g/mol. The van der Waals surface area contributed by atoms with Crippen LogP contribution in [0.25, 0.3) is 0 Å². The minimum atomic E-state index is -0.517. The maximum absolute atomic E-state index is 12.2. The SMILES string of the molecule is O=C1CCCCC(C(=O)c2ccc([N+](=O)[O-])cc2)N1.O=C1CCCCC(C(=O)c2cccc(Cl)c2)N1. The number of nitro benzene ring substituents is 1. The van der Waals surface area contributed by atoms with Crippen molar-refractivity contribution in [1.29, 1.82) is 0 Å². The van der Waals surface area contributed by atoms with Crippen LogP contribution in [0.3, 0.4) is 0 Å². The number of Topliss-reactive ketones (excluding diaryl/α,β-unsaturated/α-hetero) is 2. The maximum Gasteiger partial charge on any atom is 0.269 e. The molecule has 0 radical (unpaired) electrons. The molecule has 190 valence electrons. The second-order valence-electron chi connectivity index (χ2n) is 8.77. The Hall–Kier alpha value is -3.59. The fourth-order valence-corrected chi connectivity index (χ4v) is 4.32. The van der Waals surface area contributed by atoms with Gasteiger partial charge in [-0.1, -0.05) is 36.6 Å². The standard InChI is InChI=1S/C13H14ClNO2.C13H14N2O4/c14-10-5-3-4-9(8-10)13(17)11-6-1-2-7-12(16)15-11;16-12-4-2-1-3-11(14-12)13(17)9-5-7-10(8-6-9)15(18)19/h3-5,8,11H,1-2,6-7H2,(H,15,16);5-8,11H,1-4H2,(H,14,16). The van der Waals surface area contributed by atoms with Crippen molar-refractivity contribution in [3.8, 4) is 0 Å². The van der Waals surface area contributed by atoms with E-state index in [0.29, 0.717) is 41.8 Å². The number of nitrogens with one attached hydrogen (secondary N) is 2. The van der Waals surface area contributed by atoms with E-state index in [2.05, 4.69) is 10.6 Å². The van der Waals surface area contributed by atoms with Crippen molar-refractivity contribution in [3.05, 3.63) is 74.8 Å². The van der Waals surface area contributed by atoms with Gasteiger partial charge in [-0.05, 0) is 49.9 Å². The summed E-state index contributed by atoms with van der Waals surface area (Å²) in [5.41, 5.74) is 0.893. The van der Waals surface area contributed by atoms with Crippen LogP contribution >= 0.6 is 11.6 Å². The Morgan fingerprint density at radius 3 is 1.83 bits per heavy atom. The zero-order valence-corrected chi connectivity index (χ0v) is 20.5. The lowest BCUT2D eigenvalue weighted by molar-refractivity contribution is -0.384. The molecule has 2 aromatic rings. The van der Waals surface area contributed by atoms with Gasteiger partial charge in [0.1, 0.15) is 0 Å². The van der Waals surface area contributed by atoms with E-state index in [1.165, 1.54) is 24.3 Å². The number of ketones is 2. The Bertz CT molecular complexity index is 1130.